The Labute approximate surface area is 198 Å². The molecule has 1 N–H and O–H groups in total. The van der Waals surface area contributed by atoms with Crippen LogP contribution in [0.15, 0.2) is 36.8 Å². The van der Waals surface area contributed by atoms with Crippen LogP contribution in [-0.2, 0) is 0 Å². The van der Waals surface area contributed by atoms with Gasteiger partial charge in [0.2, 0.25) is 0 Å². The standard InChI is InChI=1S/C27H38N4O2/c1-20-24(15-28-19-29-20)31-16-27(17-31)11-8-22(14-27)30-12-9-21(10-13-30)23-6-4-5-7-25(23)33-18-26(2,3)32/h4-7,15,19,21-22,32H,8-14,16-18H2,1-3H3/t22-/m1/s1. The minimum Gasteiger partial charge on any atom is -0.490 e. The molecule has 3 heterocycles. The maximum atomic E-state index is 10.1. The largest absolute Gasteiger partial charge is 0.490 e. The van der Waals surface area contributed by atoms with Gasteiger partial charge in [-0.2, -0.15) is 0 Å². The highest BCUT2D eigenvalue weighted by atomic mass is 16.5. The minimum absolute atomic E-state index is 0.318. The summed E-state index contributed by atoms with van der Waals surface area (Å²) in [5, 5.41) is 10.1. The normalized spacial score (nSPS) is 23.6. The van der Waals surface area contributed by atoms with Crippen molar-refractivity contribution in [2.75, 3.05) is 37.7 Å². The van der Waals surface area contributed by atoms with Gasteiger partial charge in [0.25, 0.3) is 0 Å². The Hall–Kier alpha value is -2.18. The molecule has 2 saturated heterocycles. The van der Waals surface area contributed by atoms with Crippen molar-refractivity contribution >= 4 is 5.69 Å². The fourth-order valence-corrected chi connectivity index (χ4v) is 6.18. The summed E-state index contributed by atoms with van der Waals surface area (Å²) in [6.45, 7) is 10.6. The number of rotatable bonds is 6. The maximum absolute atomic E-state index is 10.1. The molecule has 1 aromatic heterocycles. The Balaban J connectivity index is 1.14. The van der Waals surface area contributed by atoms with Crippen LogP contribution in [0.25, 0.3) is 0 Å². The molecule has 1 atom stereocenters. The van der Waals surface area contributed by atoms with Crippen molar-refractivity contribution < 1.29 is 9.84 Å². The zero-order chi connectivity index (χ0) is 23.1. The monoisotopic (exact) mass is 450 g/mol. The fraction of sp³-hybridized carbons (Fsp3) is 0.630. The van der Waals surface area contributed by atoms with Gasteiger partial charge in [-0.15, -0.1) is 0 Å². The highest BCUT2D eigenvalue weighted by Gasteiger charge is 2.49. The van der Waals surface area contributed by atoms with Crippen molar-refractivity contribution in [2.45, 2.75) is 70.4 Å². The van der Waals surface area contributed by atoms with Gasteiger partial charge in [0.05, 0.1) is 23.2 Å². The zero-order valence-electron chi connectivity index (χ0n) is 20.3. The van der Waals surface area contributed by atoms with E-state index >= 15 is 0 Å². The lowest BCUT2D eigenvalue weighted by Crippen LogP contribution is -2.56. The number of benzene rings is 1. The van der Waals surface area contributed by atoms with Crippen LogP contribution >= 0.6 is 0 Å². The summed E-state index contributed by atoms with van der Waals surface area (Å²) >= 11 is 0. The Bertz CT molecular complexity index is 959. The van der Waals surface area contributed by atoms with E-state index in [1.54, 1.807) is 20.2 Å². The van der Waals surface area contributed by atoms with Crippen LogP contribution in [0.4, 0.5) is 5.69 Å². The number of nitrogens with zero attached hydrogens (tertiary/aromatic N) is 4. The molecule has 6 heteroatoms. The number of hydrogen-bond donors (Lipinski definition) is 1. The first-order valence-corrected chi connectivity index (χ1v) is 12.5. The van der Waals surface area contributed by atoms with Crippen molar-refractivity contribution in [1.82, 2.24) is 14.9 Å². The molecule has 33 heavy (non-hydrogen) atoms. The van der Waals surface area contributed by atoms with Gasteiger partial charge in [-0.3, -0.25) is 0 Å². The quantitative estimate of drug-likeness (QED) is 0.713. The first-order chi connectivity index (χ1) is 15.8. The number of ether oxygens (including phenoxy) is 1. The summed E-state index contributed by atoms with van der Waals surface area (Å²) in [5.41, 5.74) is 3.26. The molecule has 3 aliphatic rings. The minimum atomic E-state index is -0.821. The molecule has 3 fully saturated rings. The molecule has 0 unspecified atom stereocenters. The van der Waals surface area contributed by atoms with E-state index in [9.17, 15) is 5.11 Å². The second-order valence-corrected chi connectivity index (χ2v) is 11.2. The second-order valence-electron chi connectivity index (χ2n) is 11.2. The topological polar surface area (TPSA) is 61.7 Å². The van der Waals surface area contributed by atoms with Crippen LogP contribution in [0.5, 0.6) is 5.75 Å². The number of hydrogen-bond acceptors (Lipinski definition) is 6. The molecular formula is C27H38N4O2. The summed E-state index contributed by atoms with van der Waals surface area (Å²) < 4.78 is 6.01. The zero-order valence-corrected chi connectivity index (χ0v) is 20.3. The molecular weight excluding hydrogens is 412 g/mol. The molecule has 0 amide bonds. The SMILES string of the molecule is Cc1ncncc1N1CC2(CC[C@@H](N3CCC(c4ccccc4OCC(C)(C)O)CC3)C2)C1. The predicted octanol–water partition coefficient (Wildman–Crippen LogP) is 4.17. The van der Waals surface area contributed by atoms with Gasteiger partial charge < -0.3 is 19.6 Å². The molecule has 178 valence electrons. The summed E-state index contributed by atoms with van der Waals surface area (Å²) in [6.07, 6.45) is 9.96. The van der Waals surface area contributed by atoms with Crippen molar-refractivity contribution in [3.05, 3.63) is 48.0 Å². The van der Waals surface area contributed by atoms with Crippen molar-refractivity contribution in [1.29, 1.82) is 0 Å². The van der Waals surface area contributed by atoms with E-state index in [-0.39, 0.29) is 0 Å². The Kier molecular flexibility index (Phi) is 6.08. The number of para-hydroxylation sites is 1. The van der Waals surface area contributed by atoms with Crippen LogP contribution in [0, 0.1) is 12.3 Å². The van der Waals surface area contributed by atoms with Gasteiger partial charge in [-0.05, 0) is 83.5 Å². The van der Waals surface area contributed by atoms with Gasteiger partial charge in [0.1, 0.15) is 18.7 Å². The van der Waals surface area contributed by atoms with Crippen molar-refractivity contribution in [3.63, 3.8) is 0 Å². The summed E-state index contributed by atoms with van der Waals surface area (Å²) in [4.78, 5) is 13.8. The summed E-state index contributed by atoms with van der Waals surface area (Å²) in [7, 11) is 0. The number of aromatic nitrogens is 2. The van der Waals surface area contributed by atoms with Gasteiger partial charge in [-0.25, -0.2) is 9.97 Å². The molecule has 0 bridgehead atoms. The van der Waals surface area contributed by atoms with E-state index in [1.807, 2.05) is 12.3 Å². The summed E-state index contributed by atoms with van der Waals surface area (Å²) in [5.74, 6) is 1.47. The van der Waals surface area contributed by atoms with Gasteiger partial charge in [0.15, 0.2) is 0 Å². The average Bonchev–Trinajstić information content (AvgIpc) is 3.23. The lowest BCUT2D eigenvalue weighted by Gasteiger charge is -2.50. The number of aliphatic hydroxyl groups is 1. The molecule has 1 spiro atoms. The molecule has 2 aliphatic heterocycles. The lowest BCUT2D eigenvalue weighted by atomic mass is 9.77. The van der Waals surface area contributed by atoms with Crippen LogP contribution in [0.1, 0.15) is 63.1 Å². The van der Waals surface area contributed by atoms with E-state index in [0.717, 1.165) is 30.6 Å². The summed E-state index contributed by atoms with van der Waals surface area (Å²) in [6, 6.07) is 9.13. The first-order valence-electron chi connectivity index (χ1n) is 12.5. The van der Waals surface area contributed by atoms with Crippen LogP contribution in [0.3, 0.4) is 0 Å². The number of likely N-dealkylation sites (tertiary alicyclic amines) is 1. The first kappa shape index (κ1) is 22.6. The molecule has 0 radical (unpaired) electrons. The Morgan fingerprint density at radius 3 is 2.64 bits per heavy atom. The van der Waals surface area contributed by atoms with E-state index in [2.05, 4.69) is 44.9 Å². The molecule has 1 saturated carbocycles. The van der Waals surface area contributed by atoms with Gasteiger partial charge in [0, 0.05) is 24.5 Å². The smallest absolute Gasteiger partial charge is 0.122 e. The van der Waals surface area contributed by atoms with E-state index in [1.165, 1.54) is 56.4 Å². The van der Waals surface area contributed by atoms with Crippen molar-refractivity contribution in [2.24, 2.45) is 5.41 Å². The maximum Gasteiger partial charge on any atom is 0.122 e. The molecule has 1 aliphatic carbocycles. The fourth-order valence-electron chi connectivity index (χ4n) is 6.18. The van der Waals surface area contributed by atoms with E-state index in [0.29, 0.717) is 17.9 Å². The Morgan fingerprint density at radius 1 is 1.15 bits per heavy atom. The van der Waals surface area contributed by atoms with E-state index in [4.69, 9.17) is 4.74 Å². The van der Waals surface area contributed by atoms with Crippen LogP contribution in [0.2, 0.25) is 0 Å². The Morgan fingerprint density at radius 2 is 1.91 bits per heavy atom. The molecule has 2 aromatic rings. The third kappa shape index (κ3) is 4.87. The average molecular weight is 451 g/mol. The molecule has 6 nitrogen and oxygen atoms in total. The predicted molar refractivity (Wildman–Crippen MR) is 131 cm³/mol. The highest BCUT2D eigenvalue weighted by molar-refractivity contribution is 5.51. The molecule has 1 aromatic carbocycles. The van der Waals surface area contributed by atoms with Gasteiger partial charge >= 0.3 is 0 Å². The number of anilines is 1. The molecule has 5 rings (SSSR count). The van der Waals surface area contributed by atoms with Gasteiger partial charge in [-0.1, -0.05) is 18.2 Å². The van der Waals surface area contributed by atoms with Crippen LogP contribution < -0.4 is 9.64 Å². The van der Waals surface area contributed by atoms with E-state index < -0.39 is 5.60 Å². The number of piperidine rings is 1. The number of aryl methyl sites for hydroxylation is 1. The van der Waals surface area contributed by atoms with Crippen LogP contribution in [-0.4, -0.2) is 64.4 Å². The lowest BCUT2D eigenvalue weighted by molar-refractivity contribution is 0.0278. The third-order valence-electron chi connectivity index (χ3n) is 7.94. The van der Waals surface area contributed by atoms with Crippen molar-refractivity contribution in [3.8, 4) is 5.75 Å². The second kappa shape index (κ2) is 8.88. The highest BCUT2D eigenvalue weighted by Crippen LogP contribution is 2.49. The third-order valence-corrected chi connectivity index (χ3v) is 7.94.